The Morgan fingerprint density at radius 3 is 2.03 bits per heavy atom. The van der Waals surface area contributed by atoms with Crippen LogP contribution < -0.4 is 4.31 Å². The Morgan fingerprint density at radius 2 is 1.52 bits per heavy atom. The van der Waals surface area contributed by atoms with Crippen molar-refractivity contribution in [3.63, 3.8) is 0 Å². The molecule has 1 atom stereocenters. The van der Waals surface area contributed by atoms with Crippen molar-refractivity contribution in [3.05, 3.63) is 77.6 Å². The van der Waals surface area contributed by atoms with Crippen molar-refractivity contribution in [3.8, 4) is 0 Å². The monoisotopic (exact) mass is 439 g/mol. The SMILES string of the molecule is CCC(C)c1ccc(S(=O)(=O)N(Cc2ccn(CC)n2)c2ccc(C(C)C)cc2)cc1. The highest BCUT2D eigenvalue weighted by atomic mass is 32.2. The van der Waals surface area contributed by atoms with Gasteiger partial charge in [0.05, 0.1) is 22.8 Å². The van der Waals surface area contributed by atoms with Crippen LogP contribution in [-0.4, -0.2) is 18.2 Å². The van der Waals surface area contributed by atoms with Crippen LogP contribution >= 0.6 is 0 Å². The van der Waals surface area contributed by atoms with E-state index in [1.807, 2.05) is 60.3 Å². The van der Waals surface area contributed by atoms with Gasteiger partial charge >= 0.3 is 0 Å². The fraction of sp³-hybridized carbons (Fsp3) is 0.400. The lowest BCUT2D eigenvalue weighted by atomic mass is 9.99. The first-order chi connectivity index (χ1) is 14.8. The summed E-state index contributed by atoms with van der Waals surface area (Å²) in [4.78, 5) is 0.294. The molecular formula is C25H33N3O2S. The van der Waals surface area contributed by atoms with E-state index in [1.54, 1.807) is 12.1 Å². The van der Waals surface area contributed by atoms with Crippen LogP contribution in [0.4, 0.5) is 5.69 Å². The average Bonchev–Trinajstić information content (AvgIpc) is 3.25. The lowest BCUT2D eigenvalue weighted by molar-refractivity contribution is 0.588. The van der Waals surface area contributed by atoms with E-state index < -0.39 is 10.0 Å². The number of benzene rings is 2. The van der Waals surface area contributed by atoms with Crippen molar-refractivity contribution in [2.75, 3.05) is 4.31 Å². The fourth-order valence-corrected chi connectivity index (χ4v) is 4.92. The molecule has 1 heterocycles. The molecule has 166 valence electrons. The van der Waals surface area contributed by atoms with Gasteiger partial charge < -0.3 is 0 Å². The number of rotatable bonds is 9. The molecule has 6 heteroatoms. The first-order valence-corrected chi connectivity index (χ1v) is 12.4. The second kappa shape index (κ2) is 9.69. The molecule has 0 radical (unpaired) electrons. The van der Waals surface area contributed by atoms with Gasteiger partial charge in [-0.1, -0.05) is 52.0 Å². The van der Waals surface area contributed by atoms with E-state index in [9.17, 15) is 8.42 Å². The number of aryl methyl sites for hydroxylation is 1. The van der Waals surface area contributed by atoms with Crippen LogP contribution in [0.15, 0.2) is 65.7 Å². The highest BCUT2D eigenvalue weighted by Crippen LogP contribution is 2.29. The minimum absolute atomic E-state index is 0.184. The molecule has 0 aliphatic carbocycles. The van der Waals surface area contributed by atoms with Gasteiger partial charge in [0.1, 0.15) is 0 Å². The van der Waals surface area contributed by atoms with Gasteiger partial charge in [-0.25, -0.2) is 8.42 Å². The highest BCUT2D eigenvalue weighted by molar-refractivity contribution is 7.92. The largest absolute Gasteiger partial charge is 0.273 e. The van der Waals surface area contributed by atoms with Crippen molar-refractivity contribution in [1.82, 2.24) is 9.78 Å². The van der Waals surface area contributed by atoms with Crippen LogP contribution in [0.1, 0.15) is 69.7 Å². The van der Waals surface area contributed by atoms with Crippen molar-refractivity contribution in [1.29, 1.82) is 0 Å². The molecule has 3 rings (SSSR count). The molecule has 2 aromatic carbocycles. The molecule has 3 aromatic rings. The van der Waals surface area contributed by atoms with E-state index in [4.69, 9.17) is 0 Å². The number of sulfonamides is 1. The molecule has 31 heavy (non-hydrogen) atoms. The molecular weight excluding hydrogens is 406 g/mol. The third kappa shape index (κ3) is 5.18. The maximum Gasteiger partial charge on any atom is 0.264 e. The van der Waals surface area contributed by atoms with E-state index >= 15 is 0 Å². The van der Waals surface area contributed by atoms with Gasteiger partial charge in [0, 0.05) is 12.7 Å². The molecule has 0 saturated carbocycles. The van der Waals surface area contributed by atoms with Crippen LogP contribution in [0.5, 0.6) is 0 Å². The number of aromatic nitrogens is 2. The Morgan fingerprint density at radius 1 is 0.903 bits per heavy atom. The molecule has 0 amide bonds. The number of anilines is 1. The van der Waals surface area contributed by atoms with Gasteiger partial charge in [-0.3, -0.25) is 8.99 Å². The van der Waals surface area contributed by atoms with E-state index in [2.05, 4.69) is 32.8 Å². The van der Waals surface area contributed by atoms with Gasteiger partial charge in [0.15, 0.2) is 0 Å². The van der Waals surface area contributed by atoms with Crippen LogP contribution in [0, 0.1) is 0 Å². The summed E-state index contributed by atoms with van der Waals surface area (Å²) in [6.45, 7) is 11.5. The lowest BCUT2D eigenvalue weighted by Crippen LogP contribution is -2.31. The van der Waals surface area contributed by atoms with Crippen LogP contribution in [0.3, 0.4) is 0 Å². The second-order valence-corrected chi connectivity index (χ2v) is 10.2. The zero-order valence-electron chi connectivity index (χ0n) is 19.1. The summed E-state index contributed by atoms with van der Waals surface area (Å²) in [5.74, 6) is 0.780. The fourth-order valence-electron chi connectivity index (χ4n) is 3.48. The molecule has 0 spiro atoms. The van der Waals surface area contributed by atoms with E-state index in [0.717, 1.165) is 24.2 Å². The maximum absolute atomic E-state index is 13.7. The minimum atomic E-state index is -3.75. The quantitative estimate of drug-likeness (QED) is 0.415. The second-order valence-electron chi connectivity index (χ2n) is 8.30. The summed E-state index contributed by atoms with van der Waals surface area (Å²) >= 11 is 0. The summed E-state index contributed by atoms with van der Waals surface area (Å²) < 4.78 is 30.6. The van der Waals surface area contributed by atoms with Crippen molar-refractivity contribution >= 4 is 15.7 Å². The summed E-state index contributed by atoms with van der Waals surface area (Å²) in [7, 11) is -3.75. The zero-order chi connectivity index (χ0) is 22.6. The summed E-state index contributed by atoms with van der Waals surface area (Å²) in [5.41, 5.74) is 3.68. The van der Waals surface area contributed by atoms with Gasteiger partial charge in [0.25, 0.3) is 10.0 Å². The number of hydrogen-bond donors (Lipinski definition) is 0. The van der Waals surface area contributed by atoms with Gasteiger partial charge in [0.2, 0.25) is 0 Å². The molecule has 0 saturated heterocycles. The van der Waals surface area contributed by atoms with Gasteiger partial charge in [-0.15, -0.1) is 0 Å². The number of hydrogen-bond acceptors (Lipinski definition) is 3. The average molecular weight is 440 g/mol. The number of nitrogens with zero attached hydrogens (tertiary/aromatic N) is 3. The smallest absolute Gasteiger partial charge is 0.264 e. The third-order valence-electron chi connectivity index (χ3n) is 5.82. The molecule has 0 aliphatic rings. The van der Waals surface area contributed by atoms with Crippen molar-refractivity contribution in [2.24, 2.45) is 0 Å². The Hall–Kier alpha value is -2.60. The van der Waals surface area contributed by atoms with Gasteiger partial charge in [-0.2, -0.15) is 5.10 Å². The van der Waals surface area contributed by atoms with E-state index in [-0.39, 0.29) is 6.54 Å². The summed E-state index contributed by atoms with van der Waals surface area (Å²) in [5, 5.41) is 4.51. The van der Waals surface area contributed by atoms with E-state index in [1.165, 1.54) is 9.87 Å². The summed E-state index contributed by atoms with van der Waals surface area (Å²) in [6, 6.07) is 16.9. The molecule has 0 bridgehead atoms. The van der Waals surface area contributed by atoms with E-state index in [0.29, 0.717) is 22.4 Å². The Bertz CT molecular complexity index is 1080. The van der Waals surface area contributed by atoms with Gasteiger partial charge in [-0.05, 0) is 66.6 Å². The van der Waals surface area contributed by atoms with Crippen molar-refractivity contribution in [2.45, 2.75) is 70.9 Å². The molecule has 5 nitrogen and oxygen atoms in total. The molecule has 1 unspecified atom stereocenters. The first-order valence-electron chi connectivity index (χ1n) is 11.0. The molecule has 1 aromatic heterocycles. The Kier molecular flexibility index (Phi) is 7.21. The molecule has 0 aliphatic heterocycles. The first kappa shape index (κ1) is 23.1. The Balaban J connectivity index is 2.01. The molecule has 0 N–H and O–H groups in total. The predicted molar refractivity (Wildman–Crippen MR) is 127 cm³/mol. The predicted octanol–water partition coefficient (Wildman–Crippen LogP) is 5.94. The summed E-state index contributed by atoms with van der Waals surface area (Å²) in [6.07, 6.45) is 2.89. The molecule has 0 fully saturated rings. The standard InChI is InChI=1S/C25H33N3O2S/c1-6-20(5)22-10-14-25(15-11-22)31(29,30)28(18-23-16-17-27(7-2)26-23)24-12-8-21(9-13-24)19(3)4/h8-17,19-20H,6-7,18H2,1-5H3. The van der Waals surface area contributed by atoms with Crippen LogP contribution in [-0.2, 0) is 23.1 Å². The zero-order valence-corrected chi connectivity index (χ0v) is 19.9. The minimum Gasteiger partial charge on any atom is -0.273 e. The lowest BCUT2D eigenvalue weighted by Gasteiger charge is -2.24. The topological polar surface area (TPSA) is 55.2 Å². The highest BCUT2D eigenvalue weighted by Gasteiger charge is 2.26. The van der Waals surface area contributed by atoms with Crippen LogP contribution in [0.25, 0.3) is 0 Å². The Labute approximate surface area is 186 Å². The maximum atomic E-state index is 13.7. The third-order valence-corrected chi connectivity index (χ3v) is 7.61. The van der Waals surface area contributed by atoms with Crippen molar-refractivity contribution < 1.29 is 8.42 Å². The normalized spacial score (nSPS) is 12.8. The van der Waals surface area contributed by atoms with Crippen LogP contribution in [0.2, 0.25) is 0 Å².